The molecule has 47 heavy (non-hydrogen) atoms. The zero-order valence-corrected chi connectivity index (χ0v) is 25.2. The molecule has 0 saturated carbocycles. The highest BCUT2D eigenvalue weighted by molar-refractivity contribution is 7.00. The van der Waals surface area contributed by atoms with Crippen LogP contribution in [0.1, 0.15) is 0 Å². The lowest BCUT2D eigenvalue weighted by Crippen LogP contribution is -2.61. The van der Waals surface area contributed by atoms with Gasteiger partial charge in [-0.15, -0.1) is 0 Å². The molecule has 2 aliphatic rings. The van der Waals surface area contributed by atoms with Gasteiger partial charge in [-0.3, -0.25) is 0 Å². The standard InChI is InChI=1S/C42H25BN2O2/c1-7-18-38-28(10-1)30-24-26(20-22-40(30)46-38)44-34-14-5-3-12-32(34)43-33-13-4-6-15-35(33)45(37-17-9-16-36(44)42(37)43)27-21-23-41-31(25-27)29-11-2-8-19-39(29)47-41/h1-25H. The number of fused-ring (bicyclic) bond motifs is 10. The highest BCUT2D eigenvalue weighted by Gasteiger charge is 2.42. The summed E-state index contributed by atoms with van der Waals surface area (Å²) in [7, 11) is 0. The fourth-order valence-electron chi connectivity index (χ4n) is 8.10. The van der Waals surface area contributed by atoms with Gasteiger partial charge in [-0.2, -0.15) is 0 Å². The van der Waals surface area contributed by atoms with Crippen molar-refractivity contribution in [2.75, 3.05) is 9.80 Å². The molecule has 9 aromatic rings. The number of rotatable bonds is 2. The summed E-state index contributed by atoms with van der Waals surface area (Å²) in [6, 6.07) is 54.3. The van der Waals surface area contributed by atoms with Crippen molar-refractivity contribution in [3.05, 3.63) is 152 Å². The lowest BCUT2D eigenvalue weighted by atomic mass is 9.33. The molecule has 0 bridgehead atoms. The van der Waals surface area contributed by atoms with Gasteiger partial charge in [-0.1, -0.05) is 78.9 Å². The van der Waals surface area contributed by atoms with E-state index < -0.39 is 0 Å². The lowest BCUT2D eigenvalue weighted by molar-refractivity contribution is 0.668. The molecule has 0 N–H and O–H groups in total. The molecule has 0 fully saturated rings. The first-order valence-electron chi connectivity index (χ1n) is 16.1. The van der Waals surface area contributed by atoms with Crippen LogP contribution in [-0.4, -0.2) is 6.71 Å². The van der Waals surface area contributed by atoms with E-state index in [1.165, 1.54) is 39.1 Å². The number of hydrogen-bond donors (Lipinski definition) is 0. The second kappa shape index (κ2) is 9.18. The fourth-order valence-corrected chi connectivity index (χ4v) is 8.10. The molecule has 0 unspecified atom stereocenters. The van der Waals surface area contributed by atoms with Gasteiger partial charge in [0.1, 0.15) is 22.3 Å². The number of hydrogen-bond acceptors (Lipinski definition) is 4. The Balaban J connectivity index is 1.18. The predicted molar refractivity (Wildman–Crippen MR) is 195 cm³/mol. The van der Waals surface area contributed by atoms with E-state index in [-0.39, 0.29) is 6.71 Å². The Bertz CT molecular complexity index is 2560. The first-order valence-corrected chi connectivity index (χ1v) is 16.1. The highest BCUT2D eigenvalue weighted by atomic mass is 16.3. The Morgan fingerprint density at radius 2 is 0.787 bits per heavy atom. The zero-order valence-electron chi connectivity index (χ0n) is 25.2. The van der Waals surface area contributed by atoms with Crippen molar-refractivity contribution in [1.82, 2.24) is 0 Å². The van der Waals surface area contributed by atoms with Crippen molar-refractivity contribution in [2.45, 2.75) is 0 Å². The maximum Gasteiger partial charge on any atom is 0.252 e. The van der Waals surface area contributed by atoms with Crippen LogP contribution >= 0.6 is 0 Å². The number of nitrogens with zero attached hydrogens (tertiary/aromatic N) is 2. The number of furan rings is 2. The predicted octanol–water partition coefficient (Wildman–Crippen LogP) is 9.57. The Kier molecular flexibility index (Phi) is 4.89. The van der Waals surface area contributed by atoms with Gasteiger partial charge in [-0.05, 0) is 89.2 Å². The first-order chi connectivity index (χ1) is 23.3. The molecule has 5 heteroatoms. The number of para-hydroxylation sites is 4. The molecule has 2 aromatic heterocycles. The van der Waals surface area contributed by atoms with Crippen LogP contribution in [0.4, 0.5) is 34.1 Å². The smallest absolute Gasteiger partial charge is 0.252 e. The minimum Gasteiger partial charge on any atom is -0.456 e. The molecule has 7 aromatic carbocycles. The molecular formula is C42H25BN2O2. The summed E-state index contributed by atoms with van der Waals surface area (Å²) in [4.78, 5) is 4.87. The monoisotopic (exact) mass is 600 g/mol. The van der Waals surface area contributed by atoms with E-state index >= 15 is 0 Å². The third kappa shape index (κ3) is 3.38. The molecule has 0 saturated heterocycles. The molecule has 0 atom stereocenters. The minimum absolute atomic E-state index is 0.0954. The number of anilines is 6. The first kappa shape index (κ1) is 25.0. The van der Waals surface area contributed by atoms with Crippen LogP contribution in [0.5, 0.6) is 0 Å². The Morgan fingerprint density at radius 1 is 0.362 bits per heavy atom. The average molecular weight is 600 g/mol. The summed E-state index contributed by atoms with van der Waals surface area (Å²) in [5, 5.41) is 4.50. The Labute approximate surface area is 270 Å². The Hall–Kier alpha value is -6.20. The van der Waals surface area contributed by atoms with Crippen molar-refractivity contribution in [1.29, 1.82) is 0 Å². The maximum absolute atomic E-state index is 6.22. The maximum atomic E-state index is 6.22. The van der Waals surface area contributed by atoms with Crippen molar-refractivity contribution >= 4 is 101 Å². The third-order valence-electron chi connectivity index (χ3n) is 10.0. The van der Waals surface area contributed by atoms with E-state index in [2.05, 4.69) is 137 Å². The van der Waals surface area contributed by atoms with Gasteiger partial charge in [-0.25, -0.2) is 0 Å². The quantitative estimate of drug-likeness (QED) is 0.185. The Morgan fingerprint density at radius 3 is 1.32 bits per heavy atom. The van der Waals surface area contributed by atoms with Gasteiger partial charge in [0.05, 0.1) is 0 Å². The molecule has 0 amide bonds. The molecular weight excluding hydrogens is 575 g/mol. The van der Waals surface area contributed by atoms with Crippen LogP contribution in [0, 0.1) is 0 Å². The molecule has 2 aliphatic heterocycles. The lowest BCUT2D eigenvalue weighted by Gasteiger charge is -2.44. The fraction of sp³-hybridized carbons (Fsp3) is 0. The van der Waals surface area contributed by atoms with Crippen LogP contribution in [-0.2, 0) is 0 Å². The molecule has 218 valence electrons. The second-order valence-corrected chi connectivity index (χ2v) is 12.5. The van der Waals surface area contributed by atoms with Crippen molar-refractivity contribution < 1.29 is 8.83 Å². The molecule has 11 rings (SSSR count). The summed E-state index contributed by atoms with van der Waals surface area (Å²) in [6.07, 6.45) is 0. The molecule has 4 nitrogen and oxygen atoms in total. The van der Waals surface area contributed by atoms with Crippen molar-refractivity contribution in [2.24, 2.45) is 0 Å². The van der Waals surface area contributed by atoms with E-state index in [1.54, 1.807) is 0 Å². The molecule has 0 spiro atoms. The van der Waals surface area contributed by atoms with Crippen molar-refractivity contribution in [3.63, 3.8) is 0 Å². The van der Waals surface area contributed by atoms with Crippen LogP contribution in [0.25, 0.3) is 43.9 Å². The van der Waals surface area contributed by atoms with Crippen LogP contribution in [0.15, 0.2) is 160 Å². The summed E-state index contributed by atoms with van der Waals surface area (Å²) < 4.78 is 12.4. The normalized spacial score (nSPS) is 13.4. The summed E-state index contributed by atoms with van der Waals surface area (Å²) >= 11 is 0. The minimum atomic E-state index is 0.0954. The van der Waals surface area contributed by atoms with E-state index in [4.69, 9.17) is 8.83 Å². The second-order valence-electron chi connectivity index (χ2n) is 12.5. The zero-order chi connectivity index (χ0) is 30.6. The SMILES string of the molecule is c1ccc2c(c1)B1c3ccccc3N(c3ccc4oc5ccccc5c4c3)c3cccc(c31)N2c1ccc2oc3ccccc3c2c1. The van der Waals surface area contributed by atoms with E-state index in [0.29, 0.717) is 0 Å². The van der Waals surface area contributed by atoms with Gasteiger partial charge in [0.2, 0.25) is 0 Å². The van der Waals surface area contributed by atoms with Gasteiger partial charge >= 0.3 is 0 Å². The van der Waals surface area contributed by atoms with Gasteiger partial charge in [0.25, 0.3) is 6.71 Å². The van der Waals surface area contributed by atoms with Gasteiger partial charge in [0, 0.05) is 55.7 Å². The molecule has 4 heterocycles. The van der Waals surface area contributed by atoms with Gasteiger partial charge in [0.15, 0.2) is 0 Å². The topological polar surface area (TPSA) is 32.8 Å². The van der Waals surface area contributed by atoms with E-state index in [9.17, 15) is 0 Å². The van der Waals surface area contributed by atoms with Gasteiger partial charge < -0.3 is 18.6 Å². The van der Waals surface area contributed by atoms with Crippen molar-refractivity contribution in [3.8, 4) is 0 Å². The van der Waals surface area contributed by atoms with E-state index in [0.717, 1.165) is 55.3 Å². The molecule has 0 radical (unpaired) electrons. The average Bonchev–Trinajstić information content (AvgIpc) is 3.69. The summed E-state index contributed by atoms with van der Waals surface area (Å²) in [6.45, 7) is 0.0954. The largest absolute Gasteiger partial charge is 0.456 e. The summed E-state index contributed by atoms with van der Waals surface area (Å²) in [5.74, 6) is 0. The number of benzene rings is 7. The van der Waals surface area contributed by atoms with Crippen LogP contribution in [0.3, 0.4) is 0 Å². The highest BCUT2D eigenvalue weighted by Crippen LogP contribution is 2.45. The van der Waals surface area contributed by atoms with Crippen LogP contribution < -0.4 is 26.2 Å². The third-order valence-corrected chi connectivity index (χ3v) is 10.0. The molecule has 0 aliphatic carbocycles. The van der Waals surface area contributed by atoms with Crippen LogP contribution in [0.2, 0.25) is 0 Å². The summed E-state index contributed by atoms with van der Waals surface area (Å²) in [5.41, 5.74) is 14.5. The van der Waals surface area contributed by atoms with E-state index in [1.807, 2.05) is 24.3 Å².